The third kappa shape index (κ3) is 3.22. The summed E-state index contributed by atoms with van der Waals surface area (Å²) in [6.07, 6.45) is 3.02. The molecule has 1 fully saturated rings. The summed E-state index contributed by atoms with van der Waals surface area (Å²) in [7, 11) is 4.66. The summed E-state index contributed by atoms with van der Waals surface area (Å²) in [5.41, 5.74) is 0.822. The van der Waals surface area contributed by atoms with E-state index in [0.717, 1.165) is 12.0 Å². The van der Waals surface area contributed by atoms with Gasteiger partial charge in [-0.15, -0.1) is 0 Å². The molecule has 1 aromatic heterocycles. The number of ether oxygens (including phenoxy) is 3. The zero-order chi connectivity index (χ0) is 18.7. The van der Waals surface area contributed by atoms with Crippen molar-refractivity contribution in [3.63, 3.8) is 0 Å². The molecule has 2 aromatic rings. The maximum absolute atomic E-state index is 11.7. The fraction of sp³-hybridized carbons (Fsp3) is 0.421. The van der Waals surface area contributed by atoms with E-state index in [0.29, 0.717) is 36.0 Å². The van der Waals surface area contributed by atoms with E-state index < -0.39 is 12.0 Å². The van der Waals surface area contributed by atoms with Crippen LogP contribution in [0.2, 0.25) is 0 Å². The Hall–Kier alpha value is -2.67. The molecule has 140 valence electrons. The van der Waals surface area contributed by atoms with Gasteiger partial charge in [0, 0.05) is 6.54 Å². The molecule has 26 heavy (non-hydrogen) atoms. The maximum atomic E-state index is 11.7. The predicted octanol–water partition coefficient (Wildman–Crippen LogP) is 2.94. The predicted molar refractivity (Wildman–Crippen MR) is 94.0 cm³/mol. The third-order valence-electron chi connectivity index (χ3n) is 4.73. The number of hydrogen-bond donors (Lipinski definition) is 1. The zero-order valence-corrected chi connectivity index (χ0v) is 15.1. The molecule has 0 spiro atoms. The molecular weight excluding hydrogens is 338 g/mol. The van der Waals surface area contributed by atoms with Crippen LogP contribution < -0.4 is 14.2 Å². The minimum Gasteiger partial charge on any atom is -0.493 e. The number of hydrogen-bond acceptors (Lipinski definition) is 6. The van der Waals surface area contributed by atoms with Gasteiger partial charge in [-0.1, -0.05) is 0 Å². The lowest BCUT2D eigenvalue weighted by Crippen LogP contribution is -2.39. The molecular formula is C19H23NO6. The lowest BCUT2D eigenvalue weighted by molar-refractivity contribution is -0.142. The lowest BCUT2D eigenvalue weighted by atomic mass is 10.0. The van der Waals surface area contributed by atoms with Gasteiger partial charge in [-0.25, -0.2) is 0 Å². The topological polar surface area (TPSA) is 81.4 Å². The monoisotopic (exact) mass is 361 g/mol. The van der Waals surface area contributed by atoms with Gasteiger partial charge in [-0.05, 0) is 42.7 Å². The molecule has 1 saturated heterocycles. The fourth-order valence-corrected chi connectivity index (χ4v) is 3.59. The quantitative estimate of drug-likeness (QED) is 0.812. The Kier molecular flexibility index (Phi) is 5.37. The van der Waals surface area contributed by atoms with Gasteiger partial charge in [0.15, 0.2) is 11.5 Å². The first-order valence-electron chi connectivity index (χ1n) is 8.42. The van der Waals surface area contributed by atoms with Crippen LogP contribution in [0, 0.1) is 0 Å². The second-order valence-corrected chi connectivity index (χ2v) is 6.11. The second kappa shape index (κ2) is 7.70. The minimum absolute atomic E-state index is 0.359. The number of carbonyl (C=O) groups is 1. The molecule has 2 unspecified atom stereocenters. The number of carboxylic acids is 1. The molecule has 1 N–H and O–H groups in total. The Morgan fingerprint density at radius 2 is 1.92 bits per heavy atom. The number of carboxylic acid groups (broad SMARTS) is 1. The first-order chi connectivity index (χ1) is 12.6. The van der Waals surface area contributed by atoms with Crippen LogP contribution in [0.5, 0.6) is 17.2 Å². The largest absolute Gasteiger partial charge is 0.493 e. The molecule has 0 saturated carbocycles. The molecule has 2 heterocycles. The summed E-state index contributed by atoms with van der Waals surface area (Å²) in [5.74, 6) is 1.38. The number of benzene rings is 1. The van der Waals surface area contributed by atoms with Gasteiger partial charge in [-0.3, -0.25) is 9.69 Å². The number of furan rings is 1. The summed E-state index contributed by atoms with van der Waals surface area (Å²) in [6, 6.07) is 6.40. The lowest BCUT2D eigenvalue weighted by Gasteiger charge is -2.30. The van der Waals surface area contributed by atoms with Crippen LogP contribution in [0.1, 0.15) is 30.2 Å². The molecule has 0 aliphatic carbocycles. The van der Waals surface area contributed by atoms with Gasteiger partial charge in [-0.2, -0.15) is 0 Å². The first kappa shape index (κ1) is 18.1. The van der Waals surface area contributed by atoms with E-state index in [1.54, 1.807) is 33.7 Å². The van der Waals surface area contributed by atoms with E-state index in [2.05, 4.69) is 0 Å². The Morgan fingerprint density at radius 3 is 2.42 bits per heavy atom. The molecule has 1 aliphatic heterocycles. The van der Waals surface area contributed by atoms with Gasteiger partial charge in [0.2, 0.25) is 5.75 Å². The van der Waals surface area contributed by atoms with Crippen molar-refractivity contribution >= 4 is 5.97 Å². The summed E-state index contributed by atoms with van der Waals surface area (Å²) in [6.45, 7) is 0.666. The highest BCUT2D eigenvalue weighted by Crippen LogP contribution is 2.43. The molecule has 7 nitrogen and oxygen atoms in total. The third-order valence-corrected chi connectivity index (χ3v) is 4.73. The highest BCUT2D eigenvalue weighted by Gasteiger charge is 2.38. The maximum Gasteiger partial charge on any atom is 0.320 e. The molecule has 0 bridgehead atoms. The van der Waals surface area contributed by atoms with Crippen LogP contribution in [0.4, 0.5) is 0 Å². The first-order valence-corrected chi connectivity index (χ1v) is 8.42. The van der Waals surface area contributed by atoms with Gasteiger partial charge in [0.25, 0.3) is 0 Å². The van der Waals surface area contributed by atoms with Gasteiger partial charge in [0.05, 0.1) is 33.6 Å². The SMILES string of the molecule is COc1cc(C(c2ccco2)N2CCCC2C(=O)O)cc(OC)c1OC. The minimum atomic E-state index is -0.827. The molecule has 2 atom stereocenters. The molecule has 7 heteroatoms. The van der Waals surface area contributed by atoms with E-state index in [1.807, 2.05) is 23.1 Å². The average Bonchev–Trinajstić information content (AvgIpc) is 3.33. The Morgan fingerprint density at radius 1 is 1.23 bits per heavy atom. The van der Waals surface area contributed by atoms with Crippen molar-refractivity contribution in [1.29, 1.82) is 0 Å². The van der Waals surface area contributed by atoms with Crippen molar-refractivity contribution in [2.45, 2.75) is 24.9 Å². The molecule has 1 aromatic carbocycles. The number of nitrogens with zero attached hydrogens (tertiary/aromatic N) is 1. The van der Waals surface area contributed by atoms with E-state index in [-0.39, 0.29) is 6.04 Å². The molecule has 0 amide bonds. The van der Waals surface area contributed by atoms with Crippen LogP contribution in [-0.2, 0) is 4.79 Å². The highest BCUT2D eigenvalue weighted by atomic mass is 16.5. The number of likely N-dealkylation sites (tertiary alicyclic amines) is 1. The summed E-state index contributed by atoms with van der Waals surface area (Å²) < 4.78 is 21.9. The van der Waals surface area contributed by atoms with E-state index in [1.165, 1.54) is 0 Å². The summed E-state index contributed by atoms with van der Waals surface area (Å²) >= 11 is 0. The standard InChI is InChI=1S/C19H23NO6/c1-23-15-10-12(11-16(24-2)18(15)25-3)17(14-7-5-9-26-14)20-8-4-6-13(20)19(21)22/h5,7,9-11,13,17H,4,6,8H2,1-3H3,(H,21,22). The van der Waals surface area contributed by atoms with Gasteiger partial charge < -0.3 is 23.7 Å². The van der Waals surface area contributed by atoms with Crippen molar-refractivity contribution in [2.75, 3.05) is 27.9 Å². The van der Waals surface area contributed by atoms with Crippen LogP contribution in [0.3, 0.4) is 0 Å². The number of rotatable bonds is 7. The average molecular weight is 361 g/mol. The Labute approximate surface area is 152 Å². The van der Waals surface area contributed by atoms with Crippen molar-refractivity contribution in [2.24, 2.45) is 0 Å². The van der Waals surface area contributed by atoms with Crippen LogP contribution >= 0.6 is 0 Å². The van der Waals surface area contributed by atoms with Crippen LogP contribution in [0.25, 0.3) is 0 Å². The summed E-state index contributed by atoms with van der Waals surface area (Å²) in [4.78, 5) is 13.7. The Bertz CT molecular complexity index is 732. The zero-order valence-electron chi connectivity index (χ0n) is 15.1. The number of methoxy groups -OCH3 is 3. The van der Waals surface area contributed by atoms with Crippen molar-refractivity contribution in [1.82, 2.24) is 4.90 Å². The highest BCUT2D eigenvalue weighted by molar-refractivity contribution is 5.74. The van der Waals surface area contributed by atoms with Crippen molar-refractivity contribution < 1.29 is 28.5 Å². The van der Waals surface area contributed by atoms with E-state index >= 15 is 0 Å². The van der Waals surface area contributed by atoms with Gasteiger partial charge in [0.1, 0.15) is 11.8 Å². The Balaban J connectivity index is 2.12. The van der Waals surface area contributed by atoms with Crippen molar-refractivity contribution in [3.8, 4) is 17.2 Å². The van der Waals surface area contributed by atoms with Crippen LogP contribution in [-0.4, -0.2) is 49.9 Å². The molecule has 3 rings (SSSR count). The fourth-order valence-electron chi connectivity index (χ4n) is 3.59. The normalized spacial score (nSPS) is 18.5. The van der Waals surface area contributed by atoms with E-state index in [4.69, 9.17) is 18.6 Å². The van der Waals surface area contributed by atoms with Crippen LogP contribution in [0.15, 0.2) is 34.9 Å². The smallest absolute Gasteiger partial charge is 0.320 e. The molecule has 1 aliphatic rings. The molecule has 0 radical (unpaired) electrons. The number of aliphatic carboxylic acids is 1. The van der Waals surface area contributed by atoms with Gasteiger partial charge >= 0.3 is 5.97 Å². The van der Waals surface area contributed by atoms with E-state index in [9.17, 15) is 9.90 Å². The van der Waals surface area contributed by atoms with Crippen molar-refractivity contribution in [3.05, 3.63) is 41.9 Å². The second-order valence-electron chi connectivity index (χ2n) is 6.11. The summed E-state index contributed by atoms with van der Waals surface area (Å²) in [5, 5.41) is 9.62.